The van der Waals surface area contributed by atoms with Crippen LogP contribution >= 0.6 is 36.0 Å². The first-order chi connectivity index (χ1) is 5.04. The van der Waals surface area contributed by atoms with Crippen LogP contribution in [-0.4, -0.2) is 13.2 Å². The molecule has 0 aliphatic heterocycles. The molecule has 0 bridgehead atoms. The smallest absolute Gasteiger partial charge is 0.257 e. The van der Waals surface area contributed by atoms with Crippen molar-refractivity contribution >= 4 is 36.0 Å². The summed E-state index contributed by atoms with van der Waals surface area (Å²) in [6, 6.07) is 0. The Morgan fingerprint density at radius 2 is 1.33 bits per heavy atom. The van der Waals surface area contributed by atoms with Crippen LogP contribution in [-0.2, 0) is 0 Å². The van der Waals surface area contributed by atoms with Crippen LogP contribution in [0.2, 0.25) is 0 Å². The van der Waals surface area contributed by atoms with Crippen LogP contribution in [0.4, 0.5) is 0 Å². The van der Waals surface area contributed by atoms with Gasteiger partial charge in [0.1, 0.15) is 0 Å². The van der Waals surface area contributed by atoms with Gasteiger partial charge in [-0.3, -0.25) is 4.98 Å². The summed E-state index contributed by atoms with van der Waals surface area (Å²) < 4.78 is 0.322. The van der Waals surface area contributed by atoms with Crippen LogP contribution in [0.5, 0.6) is 0 Å². The Kier molecular flexibility index (Phi) is 3.56. The standard InChI is InChI=1S/C3HCl2N3O3.ClH/c4-7-1(9)6-2(10)8(5)3(7)11;/h(H,6,9,10);1H. The summed E-state index contributed by atoms with van der Waals surface area (Å²) in [6.45, 7) is 0. The van der Waals surface area contributed by atoms with E-state index in [-0.39, 0.29) is 20.6 Å². The molecule has 0 spiro atoms. The lowest BCUT2D eigenvalue weighted by Gasteiger charge is -1.91. The van der Waals surface area contributed by atoms with E-state index in [2.05, 4.69) is 0 Å². The molecule has 0 radical (unpaired) electrons. The normalized spacial score (nSPS) is 9.17. The predicted octanol–water partition coefficient (Wildman–Crippen LogP) is -0.876. The van der Waals surface area contributed by atoms with Gasteiger partial charge in [0.25, 0.3) is 0 Å². The van der Waals surface area contributed by atoms with Crippen LogP contribution < -0.4 is 17.1 Å². The zero-order valence-corrected chi connectivity index (χ0v) is 7.61. The van der Waals surface area contributed by atoms with E-state index in [0.29, 0.717) is 0 Å². The molecule has 1 rings (SSSR count). The van der Waals surface area contributed by atoms with Gasteiger partial charge >= 0.3 is 17.1 Å². The molecule has 0 aliphatic carbocycles. The Labute approximate surface area is 81.0 Å². The van der Waals surface area contributed by atoms with Crippen molar-refractivity contribution in [1.29, 1.82) is 0 Å². The number of H-pyrrole nitrogens is 1. The molecule has 0 saturated heterocycles. The van der Waals surface area contributed by atoms with E-state index in [1.165, 1.54) is 0 Å². The first-order valence-corrected chi connectivity index (χ1v) is 3.02. The van der Waals surface area contributed by atoms with Gasteiger partial charge in [0.2, 0.25) is 0 Å². The quantitative estimate of drug-likeness (QED) is 0.633. The molecule has 9 heteroatoms. The lowest BCUT2D eigenvalue weighted by molar-refractivity contribution is 0.804. The van der Waals surface area contributed by atoms with Gasteiger partial charge < -0.3 is 0 Å². The molecule has 0 fully saturated rings. The van der Waals surface area contributed by atoms with Crippen LogP contribution in [0.25, 0.3) is 0 Å². The minimum atomic E-state index is -1.10. The topological polar surface area (TPSA) is 76.9 Å². The van der Waals surface area contributed by atoms with Gasteiger partial charge in [0.15, 0.2) is 0 Å². The van der Waals surface area contributed by atoms with Crippen molar-refractivity contribution in [3.05, 3.63) is 31.5 Å². The van der Waals surface area contributed by atoms with Crippen molar-refractivity contribution in [2.24, 2.45) is 0 Å². The van der Waals surface area contributed by atoms with Crippen LogP contribution in [0, 0.1) is 0 Å². The minimum absolute atomic E-state index is 0. The summed E-state index contributed by atoms with van der Waals surface area (Å²) in [7, 11) is 0. The van der Waals surface area contributed by atoms with Gasteiger partial charge in [0.05, 0.1) is 0 Å². The monoisotopic (exact) mass is 233 g/mol. The number of halogens is 3. The highest BCUT2D eigenvalue weighted by Gasteiger charge is 2.04. The summed E-state index contributed by atoms with van der Waals surface area (Å²) in [4.78, 5) is 33.4. The third-order valence-electron chi connectivity index (χ3n) is 0.906. The molecular weight excluding hydrogens is 232 g/mol. The summed E-state index contributed by atoms with van der Waals surface area (Å²) >= 11 is 10.1. The van der Waals surface area contributed by atoms with Gasteiger partial charge in [-0.1, -0.05) is 0 Å². The molecule has 1 aromatic rings. The molecule has 0 amide bonds. The molecule has 0 saturated carbocycles. The largest absolute Gasteiger partial charge is 0.366 e. The van der Waals surface area contributed by atoms with Gasteiger partial charge in [-0.15, -0.1) is 20.6 Å². The SMILES string of the molecule is Cl.O=c1[nH]c(=O)n(Cl)c(=O)n1Cl. The van der Waals surface area contributed by atoms with Gasteiger partial charge in [-0.25, -0.2) is 14.4 Å². The summed E-state index contributed by atoms with van der Waals surface area (Å²) in [5.74, 6) is 0. The highest BCUT2D eigenvalue weighted by Crippen LogP contribution is 1.71. The van der Waals surface area contributed by atoms with E-state index in [9.17, 15) is 14.4 Å². The molecule has 68 valence electrons. The van der Waals surface area contributed by atoms with Gasteiger partial charge in [-0.2, -0.15) is 0 Å². The van der Waals surface area contributed by atoms with E-state index in [1.807, 2.05) is 0 Å². The average molecular weight is 234 g/mol. The van der Waals surface area contributed by atoms with Gasteiger partial charge in [0, 0.05) is 23.6 Å². The Balaban J connectivity index is 0.00000121. The van der Waals surface area contributed by atoms with Crippen LogP contribution in [0.1, 0.15) is 0 Å². The second kappa shape index (κ2) is 3.79. The molecular formula is C3H2Cl3N3O3. The molecule has 0 unspecified atom stereocenters. The van der Waals surface area contributed by atoms with E-state index in [1.54, 1.807) is 4.98 Å². The fourth-order valence-electron chi connectivity index (χ4n) is 0.440. The van der Waals surface area contributed by atoms with E-state index < -0.39 is 17.1 Å². The summed E-state index contributed by atoms with van der Waals surface area (Å²) in [6.07, 6.45) is 0. The molecule has 1 N–H and O–H groups in total. The van der Waals surface area contributed by atoms with Crippen molar-refractivity contribution < 1.29 is 0 Å². The molecule has 1 heterocycles. The predicted molar refractivity (Wildman–Crippen MR) is 45.3 cm³/mol. The maximum atomic E-state index is 10.7. The Morgan fingerprint density at radius 3 is 1.67 bits per heavy atom. The number of nitrogens with one attached hydrogen (secondary N) is 1. The van der Waals surface area contributed by atoms with Crippen molar-refractivity contribution in [3.63, 3.8) is 0 Å². The third kappa shape index (κ3) is 1.71. The van der Waals surface area contributed by atoms with Crippen LogP contribution in [0.3, 0.4) is 0 Å². The molecule has 0 aliphatic rings. The minimum Gasteiger partial charge on any atom is -0.257 e. The highest BCUT2D eigenvalue weighted by atomic mass is 35.5. The lowest BCUT2D eigenvalue weighted by Crippen LogP contribution is -2.43. The molecule has 1 aromatic heterocycles. The Hall–Kier alpha value is -0.720. The Bertz CT molecular complexity index is 405. The number of aromatic nitrogens is 3. The van der Waals surface area contributed by atoms with E-state index >= 15 is 0 Å². The Morgan fingerprint density at radius 1 is 1.00 bits per heavy atom. The number of aromatic amines is 1. The van der Waals surface area contributed by atoms with E-state index in [4.69, 9.17) is 23.6 Å². The van der Waals surface area contributed by atoms with E-state index in [0.717, 1.165) is 0 Å². The zero-order chi connectivity index (χ0) is 8.59. The molecule has 0 aromatic carbocycles. The van der Waals surface area contributed by atoms with Gasteiger partial charge in [-0.05, 0) is 0 Å². The fraction of sp³-hybridized carbons (Fsp3) is 0. The number of nitrogens with zero attached hydrogens (tertiary/aromatic N) is 2. The first kappa shape index (κ1) is 11.3. The van der Waals surface area contributed by atoms with Crippen molar-refractivity contribution in [2.45, 2.75) is 0 Å². The second-order valence-electron chi connectivity index (χ2n) is 1.58. The number of hydrogen-bond donors (Lipinski definition) is 1. The van der Waals surface area contributed by atoms with Crippen LogP contribution in [0.15, 0.2) is 14.4 Å². The maximum absolute atomic E-state index is 10.7. The summed E-state index contributed by atoms with van der Waals surface area (Å²) in [5.41, 5.74) is -3.13. The lowest BCUT2D eigenvalue weighted by atomic mass is 11.0. The van der Waals surface area contributed by atoms with Crippen molar-refractivity contribution in [1.82, 2.24) is 13.2 Å². The maximum Gasteiger partial charge on any atom is 0.366 e. The number of hydrogen-bond acceptors (Lipinski definition) is 3. The summed E-state index contributed by atoms with van der Waals surface area (Å²) in [5, 5.41) is 0. The second-order valence-corrected chi connectivity index (χ2v) is 2.26. The third-order valence-corrected chi connectivity index (χ3v) is 1.50. The molecule has 12 heavy (non-hydrogen) atoms. The number of rotatable bonds is 0. The van der Waals surface area contributed by atoms with Crippen molar-refractivity contribution in [2.75, 3.05) is 0 Å². The fourth-order valence-corrected chi connectivity index (χ4v) is 0.715. The van der Waals surface area contributed by atoms with Crippen molar-refractivity contribution in [3.8, 4) is 0 Å². The molecule has 0 atom stereocenters. The highest BCUT2D eigenvalue weighted by molar-refractivity contribution is 6.17. The zero-order valence-electron chi connectivity index (χ0n) is 5.28. The molecule has 6 nitrogen and oxygen atoms in total. The first-order valence-electron chi connectivity index (χ1n) is 2.34. The average Bonchev–Trinajstić information content (AvgIpc) is 1.97.